The highest BCUT2D eigenvalue weighted by atomic mass is 32.1. The molecule has 1 unspecified atom stereocenters. The van der Waals surface area contributed by atoms with Crippen LogP contribution in [0.2, 0.25) is 0 Å². The Balaban J connectivity index is 1.35. The van der Waals surface area contributed by atoms with Crippen molar-refractivity contribution >= 4 is 50.2 Å². The van der Waals surface area contributed by atoms with E-state index in [0.717, 1.165) is 27.4 Å². The molecule has 32 heavy (non-hydrogen) atoms. The predicted molar refractivity (Wildman–Crippen MR) is 126 cm³/mol. The van der Waals surface area contributed by atoms with Crippen molar-refractivity contribution in [2.75, 3.05) is 5.32 Å². The minimum atomic E-state index is -0.731. The lowest BCUT2D eigenvalue weighted by Gasteiger charge is -2.16. The maximum absolute atomic E-state index is 13.0. The van der Waals surface area contributed by atoms with Gasteiger partial charge in [0.1, 0.15) is 17.3 Å². The number of rotatable bonds is 6. The first-order valence-corrected chi connectivity index (χ1v) is 11.0. The Morgan fingerprint density at radius 1 is 1.16 bits per heavy atom. The van der Waals surface area contributed by atoms with Crippen molar-refractivity contribution < 1.29 is 14.0 Å². The van der Waals surface area contributed by atoms with Gasteiger partial charge in [0, 0.05) is 41.2 Å². The third-order valence-electron chi connectivity index (χ3n) is 5.21. The van der Waals surface area contributed by atoms with Gasteiger partial charge >= 0.3 is 0 Å². The maximum atomic E-state index is 13.0. The third kappa shape index (κ3) is 4.00. The van der Waals surface area contributed by atoms with E-state index in [9.17, 15) is 9.59 Å². The highest BCUT2D eigenvalue weighted by Gasteiger charge is 2.23. The van der Waals surface area contributed by atoms with E-state index in [1.807, 2.05) is 66.2 Å². The number of benzene rings is 2. The van der Waals surface area contributed by atoms with Crippen molar-refractivity contribution in [3.05, 3.63) is 71.7 Å². The zero-order valence-corrected chi connectivity index (χ0v) is 18.0. The molecular weight excluding hydrogens is 424 g/mol. The number of H-pyrrole nitrogens is 1. The van der Waals surface area contributed by atoms with Crippen LogP contribution in [0.5, 0.6) is 0 Å². The van der Waals surface area contributed by atoms with Crippen molar-refractivity contribution in [3.8, 4) is 11.5 Å². The first kappa shape index (κ1) is 20.0. The number of furan rings is 1. The van der Waals surface area contributed by atoms with E-state index in [0.29, 0.717) is 23.0 Å². The fourth-order valence-corrected chi connectivity index (χ4v) is 4.42. The molecular formula is C24H20N4O3S. The average molecular weight is 445 g/mol. The number of amides is 2. The van der Waals surface area contributed by atoms with Gasteiger partial charge in [-0.1, -0.05) is 36.4 Å². The number of aromatic amines is 1. The molecule has 5 aromatic rings. The molecule has 0 aliphatic carbocycles. The number of aromatic nitrogens is 2. The van der Waals surface area contributed by atoms with E-state index in [1.54, 1.807) is 0 Å². The van der Waals surface area contributed by atoms with Gasteiger partial charge in [-0.2, -0.15) is 0 Å². The number of nitrogens with zero attached hydrogens (tertiary/aromatic N) is 1. The smallest absolute Gasteiger partial charge is 0.249 e. The van der Waals surface area contributed by atoms with Crippen LogP contribution in [0.3, 0.4) is 0 Å². The normalized spacial score (nSPS) is 12.2. The topological polar surface area (TPSA) is 100 Å². The van der Waals surface area contributed by atoms with Crippen molar-refractivity contribution in [3.63, 3.8) is 0 Å². The lowest BCUT2D eigenvalue weighted by molar-refractivity contribution is -0.125. The summed E-state index contributed by atoms with van der Waals surface area (Å²) in [6.07, 6.45) is 2.23. The van der Waals surface area contributed by atoms with Crippen molar-refractivity contribution in [2.24, 2.45) is 0 Å². The largest absolute Gasteiger partial charge is 0.454 e. The van der Waals surface area contributed by atoms with E-state index in [2.05, 4.69) is 20.6 Å². The van der Waals surface area contributed by atoms with Crippen LogP contribution in [-0.2, 0) is 16.0 Å². The monoisotopic (exact) mass is 444 g/mol. The van der Waals surface area contributed by atoms with E-state index in [-0.39, 0.29) is 11.8 Å². The summed E-state index contributed by atoms with van der Waals surface area (Å²) in [7, 11) is 0. The van der Waals surface area contributed by atoms with Crippen LogP contribution in [0.4, 0.5) is 5.13 Å². The van der Waals surface area contributed by atoms with E-state index in [1.165, 1.54) is 18.3 Å². The molecule has 0 aliphatic heterocycles. The second-order valence-corrected chi connectivity index (χ2v) is 8.35. The number of hydrogen-bond acceptors (Lipinski definition) is 5. The molecule has 2 aromatic carbocycles. The standard InChI is InChI=1S/C24H20N4O3S/c1-14(29)26-19(10-16-12-25-18-8-4-3-7-17(16)18)23(30)28-24-27-20(13-32-24)22-11-15-6-2-5-9-21(15)31-22/h2-9,11-13,19,25H,10H2,1H3,(H,26,29)(H,27,28,30). The molecule has 0 bridgehead atoms. The minimum Gasteiger partial charge on any atom is -0.454 e. The Bertz CT molecular complexity index is 1400. The van der Waals surface area contributed by atoms with Gasteiger partial charge in [0.2, 0.25) is 11.8 Å². The Morgan fingerprint density at radius 2 is 1.97 bits per heavy atom. The van der Waals surface area contributed by atoms with Gasteiger partial charge in [-0.25, -0.2) is 4.98 Å². The molecule has 8 heteroatoms. The van der Waals surface area contributed by atoms with Gasteiger partial charge in [0.15, 0.2) is 10.9 Å². The Kier molecular flexibility index (Phi) is 5.20. The van der Waals surface area contributed by atoms with Gasteiger partial charge in [-0.05, 0) is 23.8 Å². The molecule has 3 heterocycles. The van der Waals surface area contributed by atoms with Crippen LogP contribution < -0.4 is 10.6 Å². The molecule has 2 amide bonds. The van der Waals surface area contributed by atoms with Crippen LogP contribution in [0.1, 0.15) is 12.5 Å². The first-order chi connectivity index (χ1) is 15.6. The molecule has 0 radical (unpaired) electrons. The Labute approximate surface area is 187 Å². The lowest BCUT2D eigenvalue weighted by atomic mass is 10.0. The van der Waals surface area contributed by atoms with Crippen LogP contribution in [-0.4, -0.2) is 27.8 Å². The van der Waals surface area contributed by atoms with Crippen molar-refractivity contribution in [2.45, 2.75) is 19.4 Å². The fraction of sp³-hybridized carbons (Fsp3) is 0.125. The molecule has 0 spiro atoms. The second kappa shape index (κ2) is 8.32. The number of para-hydroxylation sites is 2. The summed E-state index contributed by atoms with van der Waals surface area (Å²) >= 11 is 1.31. The second-order valence-electron chi connectivity index (χ2n) is 7.49. The summed E-state index contributed by atoms with van der Waals surface area (Å²) in [6, 6.07) is 16.8. The van der Waals surface area contributed by atoms with Crippen LogP contribution in [0, 0.1) is 0 Å². The minimum absolute atomic E-state index is 0.271. The summed E-state index contributed by atoms with van der Waals surface area (Å²) < 4.78 is 5.85. The van der Waals surface area contributed by atoms with Crippen LogP contribution in [0.15, 0.2) is 70.6 Å². The zero-order valence-electron chi connectivity index (χ0n) is 17.2. The lowest BCUT2D eigenvalue weighted by Crippen LogP contribution is -2.44. The third-order valence-corrected chi connectivity index (χ3v) is 5.96. The Hall–Kier alpha value is -3.91. The summed E-state index contributed by atoms with van der Waals surface area (Å²) in [5.41, 5.74) is 3.37. The molecule has 3 aromatic heterocycles. The van der Waals surface area contributed by atoms with Crippen molar-refractivity contribution in [1.82, 2.24) is 15.3 Å². The van der Waals surface area contributed by atoms with Gasteiger partial charge in [-0.3, -0.25) is 9.59 Å². The number of thiazole rings is 1. The van der Waals surface area contributed by atoms with Gasteiger partial charge in [-0.15, -0.1) is 11.3 Å². The van der Waals surface area contributed by atoms with Crippen LogP contribution >= 0.6 is 11.3 Å². The molecule has 5 rings (SSSR count). The number of carbonyl (C=O) groups is 2. The number of nitrogens with one attached hydrogen (secondary N) is 3. The molecule has 0 saturated carbocycles. The fourth-order valence-electron chi connectivity index (χ4n) is 3.72. The average Bonchev–Trinajstić information content (AvgIpc) is 3.51. The Morgan fingerprint density at radius 3 is 2.81 bits per heavy atom. The highest BCUT2D eigenvalue weighted by molar-refractivity contribution is 7.14. The molecule has 1 atom stereocenters. The summed E-state index contributed by atoms with van der Waals surface area (Å²) in [4.78, 5) is 32.5. The first-order valence-electron chi connectivity index (χ1n) is 10.1. The molecule has 0 aliphatic rings. The zero-order chi connectivity index (χ0) is 22.1. The molecule has 0 fully saturated rings. The van der Waals surface area contributed by atoms with Crippen molar-refractivity contribution in [1.29, 1.82) is 0 Å². The SMILES string of the molecule is CC(=O)NC(Cc1c[nH]c2ccccc12)C(=O)Nc1nc(-c2cc3ccccc3o2)cs1. The molecule has 3 N–H and O–H groups in total. The summed E-state index contributed by atoms with van der Waals surface area (Å²) in [5.74, 6) is 0.0447. The van der Waals surface area contributed by atoms with E-state index in [4.69, 9.17) is 4.42 Å². The predicted octanol–water partition coefficient (Wildman–Crippen LogP) is 4.72. The number of hydrogen-bond donors (Lipinski definition) is 3. The van der Waals surface area contributed by atoms with Gasteiger partial charge in [0.25, 0.3) is 0 Å². The molecule has 0 saturated heterocycles. The van der Waals surface area contributed by atoms with Gasteiger partial charge < -0.3 is 20.0 Å². The number of fused-ring (bicyclic) bond motifs is 2. The maximum Gasteiger partial charge on any atom is 0.249 e. The van der Waals surface area contributed by atoms with Crippen LogP contribution in [0.25, 0.3) is 33.3 Å². The molecule has 7 nitrogen and oxygen atoms in total. The van der Waals surface area contributed by atoms with E-state index >= 15 is 0 Å². The molecule has 160 valence electrons. The number of carbonyl (C=O) groups excluding carboxylic acids is 2. The summed E-state index contributed by atoms with van der Waals surface area (Å²) in [5, 5.41) is 9.88. The quantitative estimate of drug-likeness (QED) is 0.353. The highest BCUT2D eigenvalue weighted by Crippen LogP contribution is 2.30. The number of anilines is 1. The van der Waals surface area contributed by atoms with E-state index < -0.39 is 6.04 Å². The van der Waals surface area contributed by atoms with Gasteiger partial charge in [0.05, 0.1) is 0 Å². The summed E-state index contributed by atoms with van der Waals surface area (Å²) in [6.45, 7) is 1.40.